The van der Waals surface area contributed by atoms with E-state index in [1.807, 2.05) is 44.2 Å². The highest BCUT2D eigenvalue weighted by atomic mass is 32.2. The summed E-state index contributed by atoms with van der Waals surface area (Å²) >= 11 is 0. The Morgan fingerprint density at radius 1 is 1.00 bits per heavy atom. The van der Waals surface area contributed by atoms with Crippen molar-refractivity contribution in [3.05, 3.63) is 60.2 Å². The maximum absolute atomic E-state index is 12.6. The van der Waals surface area contributed by atoms with Crippen LogP contribution in [0.1, 0.15) is 26.3 Å². The third-order valence-electron chi connectivity index (χ3n) is 3.92. The number of nitrogens with zero attached hydrogens (tertiary/aromatic N) is 1. The molecule has 1 amide bonds. The highest BCUT2D eigenvalue weighted by Gasteiger charge is 2.17. The van der Waals surface area contributed by atoms with E-state index < -0.39 is 10.1 Å². The van der Waals surface area contributed by atoms with E-state index in [0.29, 0.717) is 24.8 Å². The molecule has 0 aromatic heterocycles. The maximum atomic E-state index is 12.6. The van der Waals surface area contributed by atoms with E-state index in [9.17, 15) is 13.2 Å². The van der Waals surface area contributed by atoms with Crippen molar-refractivity contribution in [1.82, 2.24) is 4.90 Å². The predicted octanol–water partition coefficient (Wildman–Crippen LogP) is 3.48. The number of para-hydroxylation sites is 1. The Bertz CT molecular complexity index is 848. The minimum absolute atomic E-state index is 0.0350. The molecule has 0 aliphatic heterocycles. The van der Waals surface area contributed by atoms with Gasteiger partial charge in [0.05, 0.1) is 5.75 Å². The molecule has 0 aliphatic carbocycles. The predicted molar refractivity (Wildman–Crippen MR) is 109 cm³/mol. The molecule has 0 fully saturated rings. The highest BCUT2D eigenvalue weighted by molar-refractivity contribution is 7.87. The first-order valence-electron chi connectivity index (χ1n) is 9.25. The second kappa shape index (κ2) is 10.1. The van der Waals surface area contributed by atoms with Crippen LogP contribution in [0.3, 0.4) is 0 Å². The summed E-state index contributed by atoms with van der Waals surface area (Å²) in [6, 6.07) is 15.9. The van der Waals surface area contributed by atoms with Crippen LogP contribution in [0, 0.1) is 5.92 Å². The summed E-state index contributed by atoms with van der Waals surface area (Å²) in [5.41, 5.74) is 0.884. The van der Waals surface area contributed by atoms with Gasteiger partial charge in [-0.05, 0) is 42.7 Å². The largest absolute Gasteiger partial charge is 0.484 e. The van der Waals surface area contributed by atoms with Crippen LogP contribution in [0.4, 0.5) is 0 Å². The number of carbonyl (C=O) groups excluding carboxylic acids is 1. The molecular formula is C21H27NO5S. The Hall–Kier alpha value is -2.54. The zero-order chi connectivity index (χ0) is 20.6. The molecule has 0 atom stereocenters. The zero-order valence-electron chi connectivity index (χ0n) is 16.5. The van der Waals surface area contributed by atoms with Crippen molar-refractivity contribution in [2.75, 3.05) is 18.9 Å². The van der Waals surface area contributed by atoms with Gasteiger partial charge in [0.1, 0.15) is 11.5 Å². The second-order valence-corrected chi connectivity index (χ2v) is 8.70. The fourth-order valence-electron chi connectivity index (χ4n) is 2.52. The Kier molecular flexibility index (Phi) is 7.87. The molecule has 0 saturated carbocycles. The Labute approximate surface area is 167 Å². The van der Waals surface area contributed by atoms with E-state index in [4.69, 9.17) is 8.92 Å². The SMILES string of the molecule is CCS(=O)(=O)Oc1ccc(CN(CC(C)C)C(=O)COc2ccccc2)cc1. The summed E-state index contributed by atoms with van der Waals surface area (Å²) in [7, 11) is -3.55. The van der Waals surface area contributed by atoms with E-state index >= 15 is 0 Å². The van der Waals surface area contributed by atoms with Crippen molar-refractivity contribution in [3.8, 4) is 11.5 Å². The molecular weight excluding hydrogens is 378 g/mol. The Morgan fingerprint density at radius 3 is 2.21 bits per heavy atom. The summed E-state index contributed by atoms with van der Waals surface area (Å²) < 4.78 is 33.6. The van der Waals surface area contributed by atoms with Gasteiger partial charge in [-0.2, -0.15) is 8.42 Å². The summed E-state index contributed by atoms with van der Waals surface area (Å²) in [6.07, 6.45) is 0. The van der Waals surface area contributed by atoms with Crippen LogP contribution in [-0.4, -0.2) is 38.1 Å². The molecule has 0 heterocycles. The lowest BCUT2D eigenvalue weighted by Crippen LogP contribution is -2.37. The van der Waals surface area contributed by atoms with Crippen LogP contribution >= 0.6 is 0 Å². The molecule has 0 bridgehead atoms. The summed E-state index contributed by atoms with van der Waals surface area (Å²) in [5.74, 6) is 1.02. The smallest absolute Gasteiger partial charge is 0.308 e. The standard InChI is InChI=1S/C21H27NO5S/c1-4-28(24,25)27-20-12-10-18(11-13-20)15-22(14-17(2)3)21(23)16-26-19-8-6-5-7-9-19/h5-13,17H,4,14-16H2,1-3H3. The first kappa shape index (κ1) is 21.8. The second-order valence-electron chi connectivity index (χ2n) is 6.84. The topological polar surface area (TPSA) is 72.9 Å². The van der Waals surface area contributed by atoms with Gasteiger partial charge in [-0.25, -0.2) is 0 Å². The van der Waals surface area contributed by atoms with E-state index in [0.717, 1.165) is 5.56 Å². The Morgan fingerprint density at radius 2 is 1.64 bits per heavy atom. The monoisotopic (exact) mass is 405 g/mol. The van der Waals surface area contributed by atoms with Gasteiger partial charge in [-0.3, -0.25) is 4.79 Å². The molecule has 7 heteroatoms. The summed E-state index contributed by atoms with van der Waals surface area (Å²) in [5, 5.41) is 0. The summed E-state index contributed by atoms with van der Waals surface area (Å²) in [4.78, 5) is 14.4. The minimum atomic E-state index is -3.55. The molecule has 0 aliphatic rings. The molecule has 2 rings (SSSR count). The quantitative estimate of drug-likeness (QED) is 0.566. The fraction of sp³-hybridized carbons (Fsp3) is 0.381. The molecule has 0 radical (unpaired) electrons. The van der Waals surface area contributed by atoms with E-state index in [-0.39, 0.29) is 24.0 Å². The van der Waals surface area contributed by atoms with Gasteiger partial charge in [0.15, 0.2) is 6.61 Å². The van der Waals surface area contributed by atoms with Gasteiger partial charge < -0.3 is 13.8 Å². The third kappa shape index (κ3) is 7.23. The average molecular weight is 406 g/mol. The van der Waals surface area contributed by atoms with Crippen LogP contribution < -0.4 is 8.92 Å². The molecule has 0 N–H and O–H groups in total. The molecule has 2 aromatic carbocycles. The lowest BCUT2D eigenvalue weighted by molar-refractivity contribution is -0.134. The molecule has 0 spiro atoms. The number of amides is 1. The fourth-order valence-corrected chi connectivity index (χ4v) is 3.05. The van der Waals surface area contributed by atoms with Crippen molar-refractivity contribution in [3.63, 3.8) is 0 Å². The normalized spacial score (nSPS) is 11.3. The molecule has 6 nitrogen and oxygen atoms in total. The van der Waals surface area contributed by atoms with Crippen LogP contribution in [-0.2, 0) is 21.5 Å². The lowest BCUT2D eigenvalue weighted by atomic mass is 10.1. The van der Waals surface area contributed by atoms with Gasteiger partial charge >= 0.3 is 10.1 Å². The van der Waals surface area contributed by atoms with Crippen molar-refractivity contribution in [1.29, 1.82) is 0 Å². The number of hydrogen-bond donors (Lipinski definition) is 0. The van der Waals surface area contributed by atoms with E-state index in [2.05, 4.69) is 0 Å². The number of rotatable bonds is 10. The van der Waals surface area contributed by atoms with Crippen LogP contribution in [0.15, 0.2) is 54.6 Å². The van der Waals surface area contributed by atoms with Crippen LogP contribution in [0.25, 0.3) is 0 Å². The lowest BCUT2D eigenvalue weighted by Gasteiger charge is -2.25. The summed E-state index contributed by atoms with van der Waals surface area (Å²) in [6.45, 7) is 6.59. The van der Waals surface area contributed by atoms with Crippen molar-refractivity contribution in [2.45, 2.75) is 27.3 Å². The number of ether oxygens (including phenoxy) is 1. The number of carbonyl (C=O) groups is 1. The number of hydrogen-bond acceptors (Lipinski definition) is 5. The van der Waals surface area contributed by atoms with E-state index in [1.54, 1.807) is 29.2 Å². The molecule has 0 saturated heterocycles. The van der Waals surface area contributed by atoms with Crippen LogP contribution in [0.5, 0.6) is 11.5 Å². The molecule has 28 heavy (non-hydrogen) atoms. The van der Waals surface area contributed by atoms with Gasteiger partial charge in [0.2, 0.25) is 0 Å². The molecule has 2 aromatic rings. The van der Waals surface area contributed by atoms with Crippen molar-refractivity contribution >= 4 is 16.0 Å². The van der Waals surface area contributed by atoms with Gasteiger partial charge in [-0.15, -0.1) is 0 Å². The van der Waals surface area contributed by atoms with Crippen molar-refractivity contribution < 1.29 is 22.1 Å². The first-order chi connectivity index (χ1) is 13.3. The third-order valence-corrected chi connectivity index (χ3v) is 5.07. The van der Waals surface area contributed by atoms with Gasteiger partial charge in [0.25, 0.3) is 5.91 Å². The average Bonchev–Trinajstić information content (AvgIpc) is 2.67. The zero-order valence-corrected chi connectivity index (χ0v) is 17.3. The van der Waals surface area contributed by atoms with Gasteiger partial charge in [-0.1, -0.05) is 44.2 Å². The van der Waals surface area contributed by atoms with Crippen molar-refractivity contribution in [2.24, 2.45) is 5.92 Å². The maximum Gasteiger partial charge on any atom is 0.308 e. The molecule has 0 unspecified atom stereocenters. The van der Waals surface area contributed by atoms with Gasteiger partial charge in [0, 0.05) is 13.1 Å². The minimum Gasteiger partial charge on any atom is -0.484 e. The Balaban J connectivity index is 2.01. The highest BCUT2D eigenvalue weighted by Crippen LogP contribution is 2.17. The van der Waals surface area contributed by atoms with Crippen LogP contribution in [0.2, 0.25) is 0 Å². The van der Waals surface area contributed by atoms with E-state index in [1.165, 1.54) is 6.92 Å². The first-order valence-corrected chi connectivity index (χ1v) is 10.8. The molecule has 152 valence electrons. The number of benzene rings is 2.